The lowest BCUT2D eigenvalue weighted by atomic mass is 10.1. The van der Waals surface area contributed by atoms with Gasteiger partial charge in [0, 0.05) is 12.8 Å². The van der Waals surface area contributed by atoms with Gasteiger partial charge >= 0.3 is 5.97 Å². The Hall–Kier alpha value is -1.38. The molecule has 0 amide bonds. The molecule has 0 fully saturated rings. The first-order valence-electron chi connectivity index (χ1n) is 5.79. The lowest BCUT2D eigenvalue weighted by Gasteiger charge is -1.95. The van der Waals surface area contributed by atoms with Crippen molar-refractivity contribution in [3.8, 4) is 0 Å². The maximum Gasteiger partial charge on any atom is 0.303 e. The van der Waals surface area contributed by atoms with Crippen LogP contribution in [0.4, 0.5) is 0 Å². The Morgan fingerprint density at radius 3 is 2.81 bits per heavy atom. The largest absolute Gasteiger partial charge is 0.481 e. The number of carboxylic acids is 1. The van der Waals surface area contributed by atoms with E-state index in [-0.39, 0.29) is 12.2 Å². The van der Waals surface area contributed by atoms with E-state index in [0.29, 0.717) is 6.42 Å². The second-order valence-electron chi connectivity index (χ2n) is 4.01. The average Bonchev–Trinajstić information content (AvgIpc) is 2.62. The molecule has 1 N–H and O–H groups in total. The molecule has 0 radical (unpaired) electrons. The highest BCUT2D eigenvalue weighted by atomic mass is 16.4. The Kier molecular flexibility index (Phi) is 5.54. The number of allylic oxidation sites excluding steroid dienone is 4. The molecule has 1 aliphatic carbocycles. The standard InChI is InChI=1S/C13H18O3/c14-12-9-6-8-11(12)7-4-2-1-3-5-10-13(15)16/h2,4,8H,1,3,5-7,9-10H2,(H,15,16)/b4-2+. The Balaban J connectivity index is 2.05. The number of ketones is 1. The van der Waals surface area contributed by atoms with Crippen LogP contribution < -0.4 is 0 Å². The zero-order chi connectivity index (χ0) is 11.8. The quantitative estimate of drug-likeness (QED) is 0.532. The molecular formula is C13H18O3. The minimum absolute atomic E-state index is 0.247. The van der Waals surface area contributed by atoms with E-state index in [9.17, 15) is 9.59 Å². The zero-order valence-corrected chi connectivity index (χ0v) is 9.45. The van der Waals surface area contributed by atoms with Gasteiger partial charge in [-0.05, 0) is 37.7 Å². The Bertz CT molecular complexity index is 313. The van der Waals surface area contributed by atoms with E-state index in [2.05, 4.69) is 0 Å². The minimum Gasteiger partial charge on any atom is -0.481 e. The summed E-state index contributed by atoms with van der Waals surface area (Å²) in [5.41, 5.74) is 0.932. The van der Waals surface area contributed by atoms with E-state index in [1.165, 1.54) is 0 Å². The van der Waals surface area contributed by atoms with Crippen molar-refractivity contribution in [1.29, 1.82) is 0 Å². The molecule has 88 valence electrons. The van der Waals surface area contributed by atoms with Gasteiger partial charge in [-0.25, -0.2) is 0 Å². The Morgan fingerprint density at radius 2 is 2.19 bits per heavy atom. The monoisotopic (exact) mass is 222 g/mol. The third-order valence-corrected chi connectivity index (χ3v) is 2.64. The summed E-state index contributed by atoms with van der Waals surface area (Å²) in [5, 5.41) is 8.43. The first-order valence-corrected chi connectivity index (χ1v) is 5.79. The molecule has 16 heavy (non-hydrogen) atoms. The maximum atomic E-state index is 11.2. The molecule has 0 aliphatic heterocycles. The normalized spacial score (nSPS) is 15.8. The van der Waals surface area contributed by atoms with Gasteiger partial charge in [0.15, 0.2) is 5.78 Å². The van der Waals surface area contributed by atoms with Crippen LogP contribution in [-0.4, -0.2) is 16.9 Å². The van der Waals surface area contributed by atoms with Crippen molar-refractivity contribution in [1.82, 2.24) is 0 Å². The van der Waals surface area contributed by atoms with Crippen molar-refractivity contribution in [3.63, 3.8) is 0 Å². The van der Waals surface area contributed by atoms with Crippen LogP contribution in [0.2, 0.25) is 0 Å². The van der Waals surface area contributed by atoms with Gasteiger partial charge < -0.3 is 5.11 Å². The fourth-order valence-electron chi connectivity index (χ4n) is 1.72. The third kappa shape index (κ3) is 4.91. The number of carbonyl (C=O) groups excluding carboxylic acids is 1. The first-order chi connectivity index (χ1) is 7.70. The number of rotatable bonds is 7. The van der Waals surface area contributed by atoms with Crippen LogP contribution in [0, 0.1) is 0 Å². The molecule has 0 saturated heterocycles. The molecule has 1 rings (SSSR count). The van der Waals surface area contributed by atoms with Gasteiger partial charge in [0.25, 0.3) is 0 Å². The molecule has 0 spiro atoms. The third-order valence-electron chi connectivity index (χ3n) is 2.64. The van der Waals surface area contributed by atoms with Gasteiger partial charge in [-0.1, -0.05) is 18.2 Å². The lowest BCUT2D eigenvalue weighted by Crippen LogP contribution is -1.94. The summed E-state index contributed by atoms with van der Waals surface area (Å²) in [6, 6.07) is 0. The number of aliphatic carboxylic acids is 1. The summed E-state index contributed by atoms with van der Waals surface area (Å²) < 4.78 is 0. The van der Waals surface area contributed by atoms with E-state index in [1.54, 1.807) is 0 Å². The summed E-state index contributed by atoms with van der Waals surface area (Å²) in [6.45, 7) is 0. The van der Waals surface area contributed by atoms with Crippen LogP contribution in [0.5, 0.6) is 0 Å². The molecule has 0 heterocycles. The molecule has 0 aromatic heterocycles. The number of carboxylic acid groups (broad SMARTS) is 1. The Morgan fingerprint density at radius 1 is 1.38 bits per heavy atom. The average molecular weight is 222 g/mol. The number of hydrogen-bond donors (Lipinski definition) is 1. The van der Waals surface area contributed by atoms with E-state index >= 15 is 0 Å². The van der Waals surface area contributed by atoms with E-state index < -0.39 is 5.97 Å². The topological polar surface area (TPSA) is 54.4 Å². The number of carbonyl (C=O) groups is 2. The summed E-state index contributed by atoms with van der Waals surface area (Å²) in [4.78, 5) is 21.5. The molecule has 3 nitrogen and oxygen atoms in total. The van der Waals surface area contributed by atoms with Crippen LogP contribution in [0.25, 0.3) is 0 Å². The summed E-state index contributed by atoms with van der Waals surface area (Å²) in [6.07, 6.45) is 11.1. The van der Waals surface area contributed by atoms with Crippen LogP contribution in [0.3, 0.4) is 0 Å². The van der Waals surface area contributed by atoms with Crippen molar-refractivity contribution < 1.29 is 14.7 Å². The molecule has 3 heteroatoms. The molecule has 0 atom stereocenters. The zero-order valence-electron chi connectivity index (χ0n) is 9.45. The van der Waals surface area contributed by atoms with Crippen molar-refractivity contribution in [2.45, 2.75) is 44.9 Å². The fraction of sp³-hybridized carbons (Fsp3) is 0.538. The van der Waals surface area contributed by atoms with Crippen molar-refractivity contribution in [2.75, 3.05) is 0 Å². The summed E-state index contributed by atoms with van der Waals surface area (Å²) in [5.74, 6) is -0.457. The first kappa shape index (κ1) is 12.7. The number of unbranched alkanes of at least 4 members (excludes halogenated alkanes) is 2. The summed E-state index contributed by atoms with van der Waals surface area (Å²) in [7, 11) is 0. The van der Waals surface area contributed by atoms with Gasteiger partial charge in [-0.2, -0.15) is 0 Å². The molecule has 0 bridgehead atoms. The van der Waals surface area contributed by atoms with Crippen molar-refractivity contribution in [2.24, 2.45) is 0 Å². The highest BCUT2D eigenvalue weighted by Crippen LogP contribution is 2.17. The predicted molar refractivity (Wildman–Crippen MR) is 62.2 cm³/mol. The maximum absolute atomic E-state index is 11.2. The van der Waals surface area contributed by atoms with Gasteiger partial charge in [0.2, 0.25) is 0 Å². The molecule has 0 saturated carbocycles. The number of Topliss-reactive ketones (excluding diaryl/α,β-unsaturated/α-hetero) is 1. The van der Waals surface area contributed by atoms with Gasteiger partial charge in [-0.3, -0.25) is 9.59 Å². The fourth-order valence-corrected chi connectivity index (χ4v) is 1.72. The smallest absolute Gasteiger partial charge is 0.303 e. The number of hydrogen-bond acceptors (Lipinski definition) is 2. The highest BCUT2D eigenvalue weighted by Gasteiger charge is 2.12. The molecular weight excluding hydrogens is 204 g/mol. The van der Waals surface area contributed by atoms with Crippen LogP contribution >= 0.6 is 0 Å². The van der Waals surface area contributed by atoms with Crippen LogP contribution in [-0.2, 0) is 9.59 Å². The van der Waals surface area contributed by atoms with Crippen LogP contribution in [0.1, 0.15) is 44.9 Å². The minimum atomic E-state index is -0.731. The molecule has 0 aromatic carbocycles. The predicted octanol–water partition coefficient (Wildman–Crippen LogP) is 2.87. The van der Waals surface area contributed by atoms with Crippen LogP contribution in [0.15, 0.2) is 23.8 Å². The Labute approximate surface area is 95.9 Å². The lowest BCUT2D eigenvalue weighted by molar-refractivity contribution is -0.137. The SMILES string of the molecule is O=C(O)CCCC/C=C/CC1=CCCC1=O. The summed E-state index contributed by atoms with van der Waals surface area (Å²) >= 11 is 0. The van der Waals surface area contributed by atoms with Crippen molar-refractivity contribution in [3.05, 3.63) is 23.8 Å². The van der Waals surface area contributed by atoms with E-state index in [1.807, 2.05) is 18.2 Å². The van der Waals surface area contributed by atoms with Gasteiger partial charge in [0.1, 0.15) is 0 Å². The molecule has 1 aliphatic rings. The van der Waals surface area contributed by atoms with E-state index in [4.69, 9.17) is 5.11 Å². The second kappa shape index (κ2) is 6.99. The highest BCUT2D eigenvalue weighted by molar-refractivity contribution is 5.97. The molecule has 0 aromatic rings. The molecule has 0 unspecified atom stereocenters. The van der Waals surface area contributed by atoms with Crippen molar-refractivity contribution >= 4 is 11.8 Å². The van der Waals surface area contributed by atoms with Gasteiger partial charge in [0.05, 0.1) is 0 Å². The van der Waals surface area contributed by atoms with E-state index in [0.717, 1.165) is 37.7 Å². The van der Waals surface area contributed by atoms with Gasteiger partial charge in [-0.15, -0.1) is 0 Å². The second-order valence-corrected chi connectivity index (χ2v) is 4.01.